The molecular weight excluding hydrogens is 412 g/mol. The summed E-state index contributed by atoms with van der Waals surface area (Å²) in [5.41, 5.74) is 9.31. The molecule has 1 aliphatic heterocycles. The number of nitrogens with zero attached hydrogens (tertiary/aromatic N) is 2. The predicted molar refractivity (Wildman–Crippen MR) is 131 cm³/mol. The highest BCUT2D eigenvalue weighted by Crippen LogP contribution is 2.33. The Kier molecular flexibility index (Phi) is 7.05. The van der Waals surface area contributed by atoms with Crippen LogP contribution in [0.2, 0.25) is 0 Å². The number of ether oxygens (including phenoxy) is 1. The van der Waals surface area contributed by atoms with Crippen LogP contribution in [0.15, 0.2) is 48.5 Å². The zero-order valence-corrected chi connectivity index (χ0v) is 19.3. The van der Waals surface area contributed by atoms with Crippen LogP contribution in [0.3, 0.4) is 0 Å². The quantitative estimate of drug-likeness (QED) is 0.519. The van der Waals surface area contributed by atoms with E-state index in [0.29, 0.717) is 13.2 Å². The van der Waals surface area contributed by atoms with Crippen molar-refractivity contribution in [3.63, 3.8) is 0 Å². The normalized spacial score (nSPS) is 16.6. The first-order chi connectivity index (χ1) is 16.3. The molecule has 2 heterocycles. The van der Waals surface area contributed by atoms with Gasteiger partial charge in [0.2, 0.25) is 0 Å². The summed E-state index contributed by atoms with van der Waals surface area (Å²) >= 11 is 0. The second kappa shape index (κ2) is 10.5. The lowest BCUT2D eigenvalue weighted by molar-refractivity contribution is 0.0126. The predicted octanol–water partition coefficient (Wildman–Crippen LogP) is 3.68. The highest BCUT2D eigenvalue weighted by atomic mass is 16.5. The van der Waals surface area contributed by atoms with Gasteiger partial charge in [0.15, 0.2) is 0 Å². The molecule has 0 unspecified atom stereocenters. The number of carbonyl (C=O) groups excluding carboxylic acids is 1. The van der Waals surface area contributed by atoms with Gasteiger partial charge in [0.25, 0.3) is 5.91 Å². The highest BCUT2D eigenvalue weighted by Gasteiger charge is 2.21. The van der Waals surface area contributed by atoms with Crippen molar-refractivity contribution in [2.75, 3.05) is 32.8 Å². The average molecular weight is 447 g/mol. The molecule has 0 saturated carbocycles. The number of aryl methyl sites for hydroxylation is 2. The highest BCUT2D eigenvalue weighted by molar-refractivity contribution is 5.99. The van der Waals surface area contributed by atoms with Crippen LogP contribution in [-0.4, -0.2) is 48.3 Å². The first kappa shape index (κ1) is 22.1. The fourth-order valence-corrected chi connectivity index (χ4v) is 5.11. The molecule has 6 nitrogen and oxygen atoms in total. The van der Waals surface area contributed by atoms with Crippen molar-refractivity contribution in [1.29, 1.82) is 0 Å². The van der Waals surface area contributed by atoms with Gasteiger partial charge in [-0.25, -0.2) is 5.01 Å². The van der Waals surface area contributed by atoms with Crippen molar-refractivity contribution in [3.8, 4) is 0 Å². The van der Waals surface area contributed by atoms with Gasteiger partial charge >= 0.3 is 0 Å². The van der Waals surface area contributed by atoms with Crippen molar-refractivity contribution in [3.05, 3.63) is 70.9 Å². The Balaban J connectivity index is 1.28. The number of aromatic nitrogens is 1. The van der Waals surface area contributed by atoms with E-state index in [2.05, 4.69) is 57.8 Å². The summed E-state index contributed by atoms with van der Waals surface area (Å²) in [5.74, 6) is -0.0266. The van der Waals surface area contributed by atoms with Gasteiger partial charge in [0.1, 0.15) is 0 Å². The first-order valence-corrected chi connectivity index (χ1v) is 12.3. The van der Waals surface area contributed by atoms with Crippen LogP contribution in [-0.2, 0) is 30.7 Å². The number of amides is 1. The summed E-state index contributed by atoms with van der Waals surface area (Å²) in [4.78, 5) is 12.9. The van der Waals surface area contributed by atoms with Crippen molar-refractivity contribution in [2.45, 2.75) is 45.2 Å². The van der Waals surface area contributed by atoms with Crippen molar-refractivity contribution in [2.24, 2.45) is 0 Å². The molecule has 1 aromatic heterocycles. The zero-order valence-electron chi connectivity index (χ0n) is 19.3. The number of fused-ring (bicyclic) bond motifs is 3. The van der Waals surface area contributed by atoms with Crippen LogP contribution in [0.5, 0.6) is 0 Å². The van der Waals surface area contributed by atoms with Crippen LogP contribution >= 0.6 is 0 Å². The van der Waals surface area contributed by atoms with Crippen LogP contribution in [0, 0.1) is 0 Å². The van der Waals surface area contributed by atoms with E-state index in [0.717, 1.165) is 57.5 Å². The van der Waals surface area contributed by atoms with Crippen LogP contribution < -0.4 is 10.7 Å². The third-order valence-electron chi connectivity index (χ3n) is 6.82. The smallest absolute Gasteiger partial charge is 0.265 e. The maximum atomic E-state index is 12.9. The molecule has 2 aromatic carbocycles. The number of hydrazine groups is 1. The lowest BCUT2D eigenvalue weighted by atomic mass is 9.95. The van der Waals surface area contributed by atoms with E-state index in [1.807, 2.05) is 11.1 Å². The molecule has 1 amide bonds. The molecular formula is C27H34N4O2. The van der Waals surface area contributed by atoms with Gasteiger partial charge in [-0.2, -0.15) is 0 Å². The Labute approximate surface area is 195 Å². The number of benzene rings is 2. The molecule has 0 radical (unpaired) electrons. The number of nitrogens with one attached hydrogen (secondary N) is 2. The Morgan fingerprint density at radius 3 is 2.67 bits per heavy atom. The Bertz CT molecular complexity index is 1090. The zero-order chi connectivity index (χ0) is 22.5. The molecule has 2 N–H and O–H groups in total. The van der Waals surface area contributed by atoms with E-state index >= 15 is 0 Å². The van der Waals surface area contributed by atoms with Gasteiger partial charge < -0.3 is 14.6 Å². The van der Waals surface area contributed by atoms with E-state index in [1.54, 1.807) is 0 Å². The van der Waals surface area contributed by atoms with Gasteiger partial charge in [-0.3, -0.25) is 10.2 Å². The van der Waals surface area contributed by atoms with E-state index in [-0.39, 0.29) is 5.91 Å². The van der Waals surface area contributed by atoms with Gasteiger partial charge in [-0.15, -0.1) is 0 Å². The lowest BCUT2D eigenvalue weighted by Gasteiger charge is -2.26. The van der Waals surface area contributed by atoms with Gasteiger partial charge in [0.05, 0.1) is 13.2 Å². The lowest BCUT2D eigenvalue weighted by Crippen LogP contribution is -2.48. The Morgan fingerprint density at radius 1 is 1.00 bits per heavy atom. The maximum Gasteiger partial charge on any atom is 0.265 e. The minimum Gasteiger partial charge on any atom is -0.379 e. The molecule has 33 heavy (non-hydrogen) atoms. The van der Waals surface area contributed by atoms with Crippen molar-refractivity contribution in [1.82, 2.24) is 20.3 Å². The maximum absolute atomic E-state index is 12.9. The summed E-state index contributed by atoms with van der Waals surface area (Å²) in [6.45, 7) is 5.70. The second-order valence-corrected chi connectivity index (χ2v) is 9.07. The summed E-state index contributed by atoms with van der Waals surface area (Å²) in [6, 6.07) is 16.8. The van der Waals surface area contributed by atoms with E-state index in [9.17, 15) is 4.79 Å². The topological polar surface area (TPSA) is 58.5 Å². The third-order valence-corrected chi connectivity index (χ3v) is 6.82. The Hall–Kier alpha value is -2.67. The molecule has 174 valence electrons. The second-order valence-electron chi connectivity index (χ2n) is 9.07. The SMILES string of the molecule is O=C(NN1CCOCC1)c1ccc2c(c1)c1c(n2CCCNCc2ccccc2)CCCC1. The summed E-state index contributed by atoms with van der Waals surface area (Å²) in [7, 11) is 0. The first-order valence-electron chi connectivity index (χ1n) is 12.3. The Morgan fingerprint density at radius 2 is 1.82 bits per heavy atom. The largest absolute Gasteiger partial charge is 0.379 e. The molecule has 1 saturated heterocycles. The summed E-state index contributed by atoms with van der Waals surface area (Å²) < 4.78 is 7.89. The average Bonchev–Trinajstić information content (AvgIpc) is 3.18. The van der Waals surface area contributed by atoms with Crippen LogP contribution in [0.4, 0.5) is 0 Å². The van der Waals surface area contributed by atoms with Crippen molar-refractivity contribution >= 4 is 16.8 Å². The molecule has 6 heteroatoms. The number of carbonyl (C=O) groups is 1. The molecule has 3 aromatic rings. The van der Waals surface area contributed by atoms with E-state index in [4.69, 9.17) is 4.74 Å². The third kappa shape index (κ3) is 5.13. The standard InChI is InChI=1S/C27H34N4O2/c32-27(29-30-15-17-33-18-16-30)22-11-12-26-24(19-22)23-9-4-5-10-25(23)31(26)14-6-13-28-20-21-7-2-1-3-8-21/h1-3,7-8,11-12,19,28H,4-6,9-10,13-18,20H2,(H,29,32). The fraction of sp³-hybridized carbons (Fsp3) is 0.444. The van der Waals surface area contributed by atoms with Crippen molar-refractivity contribution < 1.29 is 9.53 Å². The summed E-state index contributed by atoms with van der Waals surface area (Å²) in [6.07, 6.45) is 5.81. The molecule has 1 aliphatic carbocycles. The van der Waals surface area contributed by atoms with E-state index < -0.39 is 0 Å². The minimum absolute atomic E-state index is 0.0266. The van der Waals surface area contributed by atoms with Crippen LogP contribution in [0.25, 0.3) is 10.9 Å². The fourth-order valence-electron chi connectivity index (χ4n) is 5.11. The monoisotopic (exact) mass is 446 g/mol. The van der Waals surface area contributed by atoms with Gasteiger partial charge in [-0.05, 0) is 68.0 Å². The van der Waals surface area contributed by atoms with Gasteiger partial charge in [-0.1, -0.05) is 30.3 Å². The molecule has 1 fully saturated rings. The van der Waals surface area contributed by atoms with E-state index in [1.165, 1.54) is 40.6 Å². The molecule has 2 aliphatic rings. The molecule has 0 spiro atoms. The summed E-state index contributed by atoms with van der Waals surface area (Å²) in [5, 5.41) is 6.79. The number of morpholine rings is 1. The minimum atomic E-state index is -0.0266. The number of hydrogen-bond acceptors (Lipinski definition) is 4. The number of hydrogen-bond donors (Lipinski definition) is 2. The van der Waals surface area contributed by atoms with Crippen LogP contribution in [0.1, 0.15) is 46.4 Å². The molecule has 0 atom stereocenters. The molecule has 5 rings (SSSR count). The molecule has 0 bridgehead atoms. The van der Waals surface area contributed by atoms with Gasteiger partial charge in [0, 0.05) is 48.3 Å². The number of rotatable bonds is 8.